The predicted octanol–water partition coefficient (Wildman–Crippen LogP) is 0.821. The Morgan fingerprint density at radius 3 is 2.48 bits per heavy atom. The molecule has 0 aliphatic heterocycles. The van der Waals surface area contributed by atoms with Gasteiger partial charge < -0.3 is 10.6 Å². The number of benzene rings is 1. The summed E-state index contributed by atoms with van der Waals surface area (Å²) in [5, 5.41) is 6.11. The van der Waals surface area contributed by atoms with Crippen molar-refractivity contribution >= 4 is 15.8 Å². The molecule has 0 bridgehead atoms. The molecule has 0 saturated heterocycles. The van der Waals surface area contributed by atoms with Crippen LogP contribution in [0.15, 0.2) is 34.2 Å². The van der Waals surface area contributed by atoms with Crippen LogP contribution in [0.4, 0.5) is 0 Å². The SMILES string of the molecule is C#CCNC(=NCCc1ccc(S(C)(=O)=O)cc1)NCC. The highest BCUT2D eigenvalue weighted by atomic mass is 32.2. The van der Waals surface area contributed by atoms with Crippen LogP contribution in [0.5, 0.6) is 0 Å². The maximum atomic E-state index is 11.4. The van der Waals surface area contributed by atoms with Gasteiger partial charge in [-0.25, -0.2) is 8.42 Å². The van der Waals surface area contributed by atoms with Crippen LogP contribution in [0.3, 0.4) is 0 Å². The summed E-state index contributed by atoms with van der Waals surface area (Å²) in [6.45, 7) is 3.77. The van der Waals surface area contributed by atoms with Crippen LogP contribution >= 0.6 is 0 Å². The first-order valence-corrected chi connectivity index (χ1v) is 8.61. The van der Waals surface area contributed by atoms with Crippen LogP contribution in [0.2, 0.25) is 0 Å². The Balaban J connectivity index is 2.59. The van der Waals surface area contributed by atoms with Crippen molar-refractivity contribution in [1.82, 2.24) is 10.6 Å². The molecule has 0 radical (unpaired) electrons. The van der Waals surface area contributed by atoms with Crippen molar-refractivity contribution in [3.63, 3.8) is 0 Å². The van der Waals surface area contributed by atoms with Crippen LogP contribution in [0, 0.1) is 12.3 Å². The van der Waals surface area contributed by atoms with Crippen LogP contribution < -0.4 is 10.6 Å². The van der Waals surface area contributed by atoms with Crippen molar-refractivity contribution < 1.29 is 8.42 Å². The Morgan fingerprint density at radius 1 is 1.29 bits per heavy atom. The quantitative estimate of drug-likeness (QED) is 0.464. The maximum Gasteiger partial charge on any atom is 0.192 e. The molecule has 0 amide bonds. The average molecular weight is 307 g/mol. The summed E-state index contributed by atoms with van der Waals surface area (Å²) in [6, 6.07) is 6.87. The number of hydrogen-bond donors (Lipinski definition) is 2. The molecule has 0 aromatic heterocycles. The van der Waals surface area contributed by atoms with E-state index in [0.717, 1.165) is 18.5 Å². The largest absolute Gasteiger partial charge is 0.357 e. The molecule has 5 nitrogen and oxygen atoms in total. The number of guanidine groups is 1. The zero-order valence-electron chi connectivity index (χ0n) is 12.4. The van der Waals surface area contributed by atoms with Gasteiger partial charge in [0.25, 0.3) is 0 Å². The molecule has 0 unspecified atom stereocenters. The average Bonchev–Trinajstić information content (AvgIpc) is 2.44. The molecular formula is C15H21N3O2S. The molecule has 21 heavy (non-hydrogen) atoms. The van der Waals surface area contributed by atoms with E-state index in [2.05, 4.69) is 21.5 Å². The van der Waals surface area contributed by atoms with Crippen LogP contribution in [0.25, 0.3) is 0 Å². The van der Waals surface area contributed by atoms with E-state index in [4.69, 9.17) is 6.42 Å². The zero-order chi connectivity index (χ0) is 15.7. The lowest BCUT2D eigenvalue weighted by molar-refractivity contribution is 0.602. The molecule has 114 valence electrons. The van der Waals surface area contributed by atoms with Gasteiger partial charge in [-0.15, -0.1) is 6.42 Å². The zero-order valence-corrected chi connectivity index (χ0v) is 13.2. The number of aliphatic imine (C=N–C) groups is 1. The van der Waals surface area contributed by atoms with E-state index < -0.39 is 9.84 Å². The Kier molecular flexibility index (Phi) is 6.76. The lowest BCUT2D eigenvalue weighted by atomic mass is 10.1. The third-order valence-corrected chi connectivity index (χ3v) is 3.85. The highest BCUT2D eigenvalue weighted by molar-refractivity contribution is 7.90. The summed E-state index contributed by atoms with van der Waals surface area (Å²) in [5.41, 5.74) is 1.04. The van der Waals surface area contributed by atoms with Crippen LogP contribution in [0.1, 0.15) is 12.5 Å². The highest BCUT2D eigenvalue weighted by Crippen LogP contribution is 2.10. The second-order valence-corrected chi connectivity index (χ2v) is 6.50. The highest BCUT2D eigenvalue weighted by Gasteiger charge is 2.05. The van der Waals surface area contributed by atoms with Gasteiger partial charge in [0.05, 0.1) is 11.4 Å². The molecule has 0 fully saturated rings. The lowest BCUT2D eigenvalue weighted by Crippen LogP contribution is -2.37. The van der Waals surface area contributed by atoms with Gasteiger partial charge in [-0.2, -0.15) is 0 Å². The topological polar surface area (TPSA) is 70.6 Å². The Labute approximate surface area is 126 Å². The molecule has 1 aromatic rings. The van der Waals surface area contributed by atoms with E-state index in [1.165, 1.54) is 6.26 Å². The first kappa shape index (κ1) is 17.1. The third kappa shape index (κ3) is 6.32. The van der Waals surface area contributed by atoms with Gasteiger partial charge in [-0.1, -0.05) is 18.1 Å². The molecule has 0 atom stereocenters. The number of rotatable bonds is 6. The predicted molar refractivity (Wildman–Crippen MR) is 86.1 cm³/mol. The number of nitrogens with zero attached hydrogens (tertiary/aromatic N) is 1. The minimum atomic E-state index is -3.14. The summed E-state index contributed by atoms with van der Waals surface area (Å²) in [7, 11) is -3.14. The van der Waals surface area contributed by atoms with Crippen LogP contribution in [-0.4, -0.2) is 40.3 Å². The van der Waals surface area contributed by atoms with Gasteiger partial charge in [0.1, 0.15) is 0 Å². The number of hydrogen-bond acceptors (Lipinski definition) is 3. The molecule has 0 saturated carbocycles. The Hall–Kier alpha value is -2.00. The maximum absolute atomic E-state index is 11.4. The van der Waals surface area contributed by atoms with E-state index >= 15 is 0 Å². The first-order chi connectivity index (χ1) is 9.97. The van der Waals surface area contributed by atoms with Crippen molar-refractivity contribution in [3.8, 4) is 12.3 Å². The number of sulfone groups is 1. The fourth-order valence-electron chi connectivity index (χ4n) is 1.68. The van der Waals surface area contributed by atoms with E-state index in [0.29, 0.717) is 23.9 Å². The summed E-state index contributed by atoms with van der Waals surface area (Å²) in [4.78, 5) is 4.73. The normalized spacial score (nSPS) is 11.8. The minimum absolute atomic E-state index is 0.332. The summed E-state index contributed by atoms with van der Waals surface area (Å²) >= 11 is 0. The standard InChI is InChI=1S/C15H21N3O2S/c1-4-11-17-15(16-5-2)18-12-10-13-6-8-14(9-7-13)21(3,19)20/h1,6-9H,5,10-12H2,2-3H3,(H2,16,17,18). The molecule has 0 aliphatic rings. The van der Waals surface area contributed by atoms with Crippen molar-refractivity contribution in [3.05, 3.63) is 29.8 Å². The molecule has 0 spiro atoms. The van der Waals surface area contributed by atoms with E-state index in [-0.39, 0.29) is 0 Å². The first-order valence-electron chi connectivity index (χ1n) is 6.72. The molecular weight excluding hydrogens is 286 g/mol. The molecule has 6 heteroatoms. The number of terminal acetylenes is 1. The second kappa shape index (κ2) is 8.32. The van der Waals surface area contributed by atoms with Gasteiger partial charge in [0.15, 0.2) is 15.8 Å². The van der Waals surface area contributed by atoms with Gasteiger partial charge in [-0.05, 0) is 31.0 Å². The fourth-order valence-corrected chi connectivity index (χ4v) is 2.31. The molecule has 0 heterocycles. The summed E-state index contributed by atoms with van der Waals surface area (Å²) < 4.78 is 22.7. The van der Waals surface area contributed by atoms with E-state index in [1.807, 2.05) is 19.1 Å². The van der Waals surface area contributed by atoms with Crippen molar-refractivity contribution in [1.29, 1.82) is 0 Å². The summed E-state index contributed by atoms with van der Waals surface area (Å²) in [5.74, 6) is 3.18. The van der Waals surface area contributed by atoms with Crippen molar-refractivity contribution in [2.24, 2.45) is 4.99 Å². The van der Waals surface area contributed by atoms with Crippen molar-refractivity contribution in [2.45, 2.75) is 18.2 Å². The molecule has 1 rings (SSSR count). The van der Waals surface area contributed by atoms with E-state index in [1.54, 1.807) is 12.1 Å². The van der Waals surface area contributed by atoms with Gasteiger partial charge in [0, 0.05) is 19.3 Å². The second-order valence-electron chi connectivity index (χ2n) is 4.48. The van der Waals surface area contributed by atoms with Crippen molar-refractivity contribution in [2.75, 3.05) is 25.9 Å². The third-order valence-electron chi connectivity index (χ3n) is 2.72. The molecule has 1 aromatic carbocycles. The van der Waals surface area contributed by atoms with Gasteiger partial charge in [-0.3, -0.25) is 4.99 Å². The number of nitrogens with one attached hydrogen (secondary N) is 2. The minimum Gasteiger partial charge on any atom is -0.357 e. The molecule has 0 aliphatic carbocycles. The molecule has 2 N–H and O–H groups in total. The smallest absolute Gasteiger partial charge is 0.192 e. The lowest BCUT2D eigenvalue weighted by Gasteiger charge is -2.08. The Bertz CT molecular complexity index is 613. The monoisotopic (exact) mass is 307 g/mol. The van der Waals surface area contributed by atoms with Gasteiger partial charge in [0.2, 0.25) is 0 Å². The summed E-state index contributed by atoms with van der Waals surface area (Å²) in [6.07, 6.45) is 7.13. The van der Waals surface area contributed by atoms with Crippen LogP contribution in [-0.2, 0) is 16.3 Å². The Morgan fingerprint density at radius 2 is 1.95 bits per heavy atom. The van der Waals surface area contributed by atoms with Gasteiger partial charge >= 0.3 is 0 Å². The van der Waals surface area contributed by atoms with E-state index in [9.17, 15) is 8.42 Å². The fraction of sp³-hybridized carbons (Fsp3) is 0.400.